The maximum atomic E-state index is 13.0. The number of carbonyl (C=O) groups is 1. The molecule has 0 amide bonds. The molecule has 94 valence electrons. The minimum Gasteiger partial charge on any atom is -0.457 e. The van der Waals surface area contributed by atoms with Crippen molar-refractivity contribution in [1.29, 1.82) is 0 Å². The molecule has 1 rings (SSSR count). The lowest BCUT2D eigenvalue weighted by Gasteiger charge is -2.23. The van der Waals surface area contributed by atoms with E-state index in [1.165, 1.54) is 0 Å². The third-order valence-electron chi connectivity index (χ3n) is 2.53. The standard InChI is InChI=1S/C9H14F2O4S/c1-16(13,14)9(10,11)8(12)15-7-5-3-2-4-6-7/h7H,2-6H2,1H3. The van der Waals surface area contributed by atoms with E-state index in [9.17, 15) is 22.0 Å². The van der Waals surface area contributed by atoms with E-state index in [0.29, 0.717) is 19.1 Å². The van der Waals surface area contributed by atoms with Crippen molar-refractivity contribution in [2.75, 3.05) is 6.26 Å². The van der Waals surface area contributed by atoms with E-state index < -0.39 is 27.2 Å². The van der Waals surface area contributed by atoms with Gasteiger partial charge in [0.15, 0.2) is 0 Å². The molecule has 1 aliphatic rings. The molecule has 4 nitrogen and oxygen atoms in total. The molecule has 0 spiro atoms. The predicted molar refractivity (Wildman–Crippen MR) is 52.8 cm³/mol. The van der Waals surface area contributed by atoms with Crippen molar-refractivity contribution >= 4 is 15.8 Å². The van der Waals surface area contributed by atoms with Crippen LogP contribution < -0.4 is 0 Å². The molecule has 1 aliphatic carbocycles. The highest BCUT2D eigenvalue weighted by atomic mass is 32.2. The van der Waals surface area contributed by atoms with Crippen molar-refractivity contribution in [1.82, 2.24) is 0 Å². The first-order chi connectivity index (χ1) is 7.25. The molecule has 0 N–H and O–H groups in total. The molecule has 0 saturated heterocycles. The Morgan fingerprint density at radius 2 is 1.75 bits per heavy atom. The molecule has 7 heteroatoms. The summed E-state index contributed by atoms with van der Waals surface area (Å²) in [7, 11) is -4.76. The number of hydrogen-bond acceptors (Lipinski definition) is 4. The summed E-state index contributed by atoms with van der Waals surface area (Å²) in [6.45, 7) is 0. The summed E-state index contributed by atoms with van der Waals surface area (Å²) in [4.78, 5) is 11.0. The largest absolute Gasteiger partial charge is 0.457 e. The van der Waals surface area contributed by atoms with Crippen LogP contribution in [0.4, 0.5) is 8.78 Å². The normalized spacial score (nSPS) is 19.4. The fraction of sp³-hybridized carbons (Fsp3) is 0.889. The first kappa shape index (κ1) is 13.3. The van der Waals surface area contributed by atoms with Crippen molar-refractivity contribution in [2.24, 2.45) is 0 Å². The second-order valence-corrected chi connectivity index (χ2v) is 6.01. The van der Waals surface area contributed by atoms with Crippen LogP contribution in [0.2, 0.25) is 0 Å². The Morgan fingerprint density at radius 1 is 1.25 bits per heavy atom. The second-order valence-electron chi connectivity index (χ2n) is 3.95. The van der Waals surface area contributed by atoms with Crippen LogP contribution in [0.3, 0.4) is 0 Å². The highest BCUT2D eigenvalue weighted by Crippen LogP contribution is 2.26. The van der Waals surface area contributed by atoms with Crippen molar-refractivity contribution in [2.45, 2.75) is 43.5 Å². The Kier molecular flexibility index (Phi) is 3.88. The van der Waals surface area contributed by atoms with Crippen LogP contribution in [0.1, 0.15) is 32.1 Å². The van der Waals surface area contributed by atoms with Crippen molar-refractivity contribution in [3.8, 4) is 0 Å². The van der Waals surface area contributed by atoms with E-state index in [2.05, 4.69) is 4.74 Å². The lowest BCUT2D eigenvalue weighted by Crippen LogP contribution is -2.40. The van der Waals surface area contributed by atoms with Gasteiger partial charge in [0.2, 0.25) is 9.84 Å². The SMILES string of the molecule is CS(=O)(=O)C(F)(F)C(=O)OC1CCCCC1. The number of carbonyl (C=O) groups excluding carboxylic acids is 1. The average molecular weight is 256 g/mol. The Hall–Kier alpha value is -0.720. The molecule has 0 aromatic carbocycles. The maximum Gasteiger partial charge on any atom is 0.439 e. The van der Waals surface area contributed by atoms with Crippen LogP contribution in [0.15, 0.2) is 0 Å². The molecular weight excluding hydrogens is 242 g/mol. The summed E-state index contributed by atoms with van der Waals surface area (Å²) in [6, 6.07) is 0. The summed E-state index contributed by atoms with van der Waals surface area (Å²) in [6.07, 6.45) is 3.38. The molecule has 1 saturated carbocycles. The van der Waals surface area contributed by atoms with Crippen molar-refractivity contribution in [3.63, 3.8) is 0 Å². The first-order valence-corrected chi connectivity index (χ1v) is 6.93. The van der Waals surface area contributed by atoms with Gasteiger partial charge in [-0.2, -0.15) is 8.78 Å². The molecule has 0 radical (unpaired) electrons. The number of sulfone groups is 1. The van der Waals surface area contributed by atoms with Crippen LogP contribution in [0, 0.1) is 0 Å². The van der Waals surface area contributed by atoms with Crippen LogP contribution in [-0.4, -0.2) is 32.0 Å². The van der Waals surface area contributed by atoms with E-state index in [1.54, 1.807) is 0 Å². The van der Waals surface area contributed by atoms with Crippen LogP contribution in [0.25, 0.3) is 0 Å². The molecule has 16 heavy (non-hydrogen) atoms. The third-order valence-corrected chi connectivity index (χ3v) is 3.63. The number of halogens is 2. The van der Waals surface area contributed by atoms with E-state index in [4.69, 9.17) is 0 Å². The number of esters is 1. The van der Waals surface area contributed by atoms with Gasteiger partial charge in [0.1, 0.15) is 6.10 Å². The predicted octanol–water partition coefficient (Wildman–Crippen LogP) is 1.50. The summed E-state index contributed by atoms with van der Waals surface area (Å²) in [5.41, 5.74) is 0. The molecule has 0 aromatic rings. The Morgan fingerprint density at radius 3 is 2.19 bits per heavy atom. The minimum atomic E-state index is -4.76. The zero-order valence-electron chi connectivity index (χ0n) is 8.91. The zero-order valence-corrected chi connectivity index (χ0v) is 9.73. The van der Waals surface area contributed by atoms with Gasteiger partial charge in [0.05, 0.1) is 0 Å². The highest BCUT2D eigenvalue weighted by Gasteiger charge is 2.52. The van der Waals surface area contributed by atoms with E-state index >= 15 is 0 Å². The molecule has 0 aliphatic heterocycles. The van der Waals surface area contributed by atoms with E-state index in [1.807, 2.05) is 0 Å². The number of rotatable bonds is 3. The third kappa shape index (κ3) is 2.90. The molecule has 0 heterocycles. The minimum absolute atomic E-state index is 0.315. The summed E-state index contributed by atoms with van der Waals surface area (Å²) in [5, 5.41) is -4.44. The average Bonchev–Trinajstić information content (AvgIpc) is 2.17. The number of alkyl halides is 2. The molecule has 0 atom stereocenters. The fourth-order valence-electron chi connectivity index (χ4n) is 1.55. The summed E-state index contributed by atoms with van der Waals surface area (Å²) < 4.78 is 51.9. The molecule has 1 fully saturated rings. The van der Waals surface area contributed by atoms with Crippen molar-refractivity contribution in [3.05, 3.63) is 0 Å². The van der Waals surface area contributed by atoms with E-state index in [-0.39, 0.29) is 0 Å². The summed E-state index contributed by atoms with van der Waals surface area (Å²) in [5.74, 6) is -1.96. The van der Waals surface area contributed by atoms with Crippen molar-refractivity contribution < 1.29 is 26.7 Å². The topological polar surface area (TPSA) is 60.4 Å². The van der Waals surface area contributed by atoms with Gasteiger partial charge in [0, 0.05) is 6.26 Å². The van der Waals surface area contributed by atoms with E-state index in [0.717, 1.165) is 19.3 Å². The molecule has 0 unspecified atom stereocenters. The smallest absolute Gasteiger partial charge is 0.439 e. The van der Waals surface area contributed by atoms with Crippen LogP contribution >= 0.6 is 0 Å². The van der Waals surface area contributed by atoms with Crippen LogP contribution in [0.5, 0.6) is 0 Å². The van der Waals surface area contributed by atoms with Gasteiger partial charge in [-0.3, -0.25) is 0 Å². The molecular formula is C9H14F2O4S. The van der Waals surface area contributed by atoms with Crippen LogP contribution in [-0.2, 0) is 19.4 Å². The lowest BCUT2D eigenvalue weighted by atomic mass is 9.98. The Labute approximate surface area is 92.9 Å². The van der Waals surface area contributed by atoms with Gasteiger partial charge in [0.25, 0.3) is 0 Å². The summed E-state index contributed by atoms with van der Waals surface area (Å²) >= 11 is 0. The Balaban J connectivity index is 2.64. The van der Waals surface area contributed by atoms with Gasteiger partial charge in [-0.15, -0.1) is 0 Å². The monoisotopic (exact) mass is 256 g/mol. The zero-order chi connectivity index (χ0) is 12.4. The lowest BCUT2D eigenvalue weighted by molar-refractivity contribution is -0.167. The van der Waals surface area contributed by atoms with Gasteiger partial charge < -0.3 is 4.74 Å². The van der Waals surface area contributed by atoms with Gasteiger partial charge in [-0.1, -0.05) is 6.42 Å². The highest BCUT2D eigenvalue weighted by molar-refractivity contribution is 7.92. The van der Waals surface area contributed by atoms with Gasteiger partial charge >= 0.3 is 11.2 Å². The molecule has 0 aromatic heterocycles. The second kappa shape index (κ2) is 4.65. The van der Waals surface area contributed by atoms with Gasteiger partial charge in [-0.25, -0.2) is 13.2 Å². The van der Waals surface area contributed by atoms with Gasteiger partial charge in [-0.05, 0) is 25.7 Å². The molecule has 0 bridgehead atoms. The first-order valence-electron chi connectivity index (χ1n) is 5.03. The number of ether oxygens (including phenoxy) is 1. The Bertz CT molecular complexity index is 358. The fourth-order valence-corrected chi connectivity index (χ4v) is 1.91. The quantitative estimate of drug-likeness (QED) is 0.718. The maximum absolute atomic E-state index is 13.0. The number of hydrogen-bond donors (Lipinski definition) is 0.